The number of aliphatic hydroxyl groups is 13. The molecule has 0 unspecified atom stereocenters. The van der Waals surface area contributed by atoms with E-state index in [1.165, 1.54) is 27.7 Å². The third-order valence-electron chi connectivity index (χ3n) is 10.2. The maximum absolute atomic E-state index is 11.6. The van der Waals surface area contributed by atoms with Crippen LogP contribution in [0.1, 0.15) is 27.7 Å². The zero-order chi connectivity index (χ0) is 38.5. The highest BCUT2D eigenvalue weighted by Gasteiger charge is 2.56. The van der Waals surface area contributed by atoms with Crippen LogP contribution in [0.2, 0.25) is 0 Å². The molecule has 5 aliphatic rings. The fourth-order valence-electron chi connectivity index (χ4n) is 6.84. The highest BCUT2D eigenvalue weighted by atomic mass is 16.8. The Hall–Kier alpha value is -0.880. The molecule has 0 aliphatic carbocycles. The summed E-state index contributed by atoms with van der Waals surface area (Å²) in [6, 6.07) is 0. The van der Waals surface area contributed by atoms with Gasteiger partial charge in [-0.05, 0) is 27.7 Å². The van der Waals surface area contributed by atoms with E-state index in [0.717, 1.165) is 0 Å². The summed E-state index contributed by atoms with van der Waals surface area (Å²) in [5, 5.41) is 136. The molecule has 5 saturated heterocycles. The van der Waals surface area contributed by atoms with Crippen molar-refractivity contribution in [2.24, 2.45) is 0 Å². The van der Waals surface area contributed by atoms with Crippen LogP contribution >= 0.6 is 0 Å². The molecule has 5 fully saturated rings. The Labute approximate surface area is 297 Å². The van der Waals surface area contributed by atoms with Gasteiger partial charge in [0.05, 0.1) is 31.0 Å². The van der Waals surface area contributed by atoms with Crippen LogP contribution in [0.15, 0.2) is 0 Å². The van der Waals surface area contributed by atoms with Crippen molar-refractivity contribution in [1.82, 2.24) is 0 Å². The summed E-state index contributed by atoms with van der Waals surface area (Å²) < 4.78 is 50.9. The molecule has 22 heteroatoms. The van der Waals surface area contributed by atoms with Crippen molar-refractivity contribution >= 4 is 0 Å². The molecule has 22 nitrogen and oxygen atoms in total. The maximum atomic E-state index is 11.6. The van der Waals surface area contributed by atoms with Gasteiger partial charge in [0.25, 0.3) is 0 Å². The number of rotatable bonds is 9. The van der Waals surface area contributed by atoms with Crippen LogP contribution in [0.3, 0.4) is 0 Å². The molecule has 5 heterocycles. The fourth-order valence-corrected chi connectivity index (χ4v) is 6.84. The fraction of sp³-hybridized carbons (Fsp3) is 1.00. The van der Waals surface area contributed by atoms with Crippen LogP contribution in [-0.2, 0) is 42.6 Å². The van der Waals surface area contributed by atoms with Crippen molar-refractivity contribution < 1.29 is 109 Å². The molecule has 5 rings (SSSR count). The molecule has 25 atom stereocenters. The normalized spacial score (nSPS) is 56.4. The zero-order valence-electron chi connectivity index (χ0n) is 28.6. The number of hydrogen-bond donors (Lipinski definition) is 13. The summed E-state index contributed by atoms with van der Waals surface area (Å²) in [7, 11) is 0. The molecule has 52 heavy (non-hydrogen) atoms. The van der Waals surface area contributed by atoms with Crippen molar-refractivity contribution in [3.8, 4) is 0 Å². The van der Waals surface area contributed by atoms with E-state index in [1.807, 2.05) is 0 Å². The summed E-state index contributed by atoms with van der Waals surface area (Å²) in [5.41, 5.74) is 0. The molecular formula is C30H52O22. The van der Waals surface area contributed by atoms with Crippen molar-refractivity contribution in [2.75, 3.05) is 6.61 Å². The smallest absolute Gasteiger partial charge is 0.187 e. The predicted molar refractivity (Wildman–Crippen MR) is 161 cm³/mol. The molecule has 0 amide bonds. The SMILES string of the molecule is C[C@@H]1O[C@@H](O[C@@H]2[C@@H](O[C@@H]3O[C@H](CO)[C@@H](O)[C@H](O)[C@H]3O)[C@@H](O)[C@H](O[C@@H]3[C@@H](O)[C@@H](O)[C@H](O[C@H]4[C@H](O)[C@H](O)[C@H](C)O[C@@H]4O)O[C@H]3C)O[C@H]2C)[C@H](O)[C@H](O)[C@H]1O. The summed E-state index contributed by atoms with van der Waals surface area (Å²) in [6.07, 6.45) is -39.9. The molecule has 0 bridgehead atoms. The van der Waals surface area contributed by atoms with E-state index in [2.05, 4.69) is 0 Å². The molecule has 13 N–H and O–H groups in total. The first kappa shape index (κ1) is 42.3. The maximum Gasteiger partial charge on any atom is 0.187 e. The van der Waals surface area contributed by atoms with Gasteiger partial charge in [0.2, 0.25) is 0 Å². The molecule has 0 saturated carbocycles. The van der Waals surface area contributed by atoms with Crippen molar-refractivity contribution in [3.63, 3.8) is 0 Å². The first-order valence-corrected chi connectivity index (χ1v) is 17.0. The van der Waals surface area contributed by atoms with Crippen LogP contribution in [0.25, 0.3) is 0 Å². The van der Waals surface area contributed by atoms with Gasteiger partial charge >= 0.3 is 0 Å². The third-order valence-corrected chi connectivity index (χ3v) is 10.2. The lowest BCUT2D eigenvalue weighted by atomic mass is 9.95. The number of aliphatic hydroxyl groups excluding tert-OH is 13. The van der Waals surface area contributed by atoms with Crippen LogP contribution in [0.4, 0.5) is 0 Å². The number of hydrogen-bond acceptors (Lipinski definition) is 22. The van der Waals surface area contributed by atoms with Gasteiger partial charge < -0.3 is 109 Å². The summed E-state index contributed by atoms with van der Waals surface area (Å²) >= 11 is 0. The van der Waals surface area contributed by atoms with E-state index < -0.39 is 160 Å². The Morgan fingerprint density at radius 3 is 1.33 bits per heavy atom. The lowest BCUT2D eigenvalue weighted by molar-refractivity contribution is -0.398. The Kier molecular flexibility index (Phi) is 13.9. The summed E-state index contributed by atoms with van der Waals surface area (Å²) in [5.74, 6) is 0. The van der Waals surface area contributed by atoms with Gasteiger partial charge in [0.15, 0.2) is 31.5 Å². The van der Waals surface area contributed by atoms with E-state index in [0.29, 0.717) is 0 Å². The van der Waals surface area contributed by atoms with Crippen LogP contribution in [0, 0.1) is 0 Å². The monoisotopic (exact) mass is 764 g/mol. The number of ether oxygens (including phenoxy) is 9. The van der Waals surface area contributed by atoms with E-state index in [4.69, 9.17) is 42.6 Å². The first-order valence-electron chi connectivity index (χ1n) is 17.0. The Morgan fingerprint density at radius 1 is 0.346 bits per heavy atom. The van der Waals surface area contributed by atoms with Crippen molar-refractivity contribution in [3.05, 3.63) is 0 Å². The highest BCUT2D eigenvalue weighted by molar-refractivity contribution is 4.98. The molecule has 0 spiro atoms. The first-order chi connectivity index (χ1) is 24.4. The van der Waals surface area contributed by atoms with E-state index in [9.17, 15) is 66.4 Å². The zero-order valence-corrected chi connectivity index (χ0v) is 28.6. The van der Waals surface area contributed by atoms with E-state index in [1.54, 1.807) is 0 Å². The van der Waals surface area contributed by atoms with Crippen molar-refractivity contribution in [2.45, 2.75) is 181 Å². The lowest BCUT2D eigenvalue weighted by Crippen LogP contribution is -2.67. The van der Waals surface area contributed by atoms with Gasteiger partial charge in [-0.25, -0.2) is 0 Å². The van der Waals surface area contributed by atoms with Crippen LogP contribution in [0.5, 0.6) is 0 Å². The highest BCUT2D eigenvalue weighted by Crippen LogP contribution is 2.36. The minimum Gasteiger partial charge on any atom is -0.394 e. The Morgan fingerprint density at radius 2 is 0.731 bits per heavy atom. The minimum absolute atomic E-state index is 0.806. The summed E-state index contributed by atoms with van der Waals surface area (Å²) in [6.45, 7) is 4.81. The molecule has 0 aromatic rings. The van der Waals surface area contributed by atoms with Gasteiger partial charge in [-0.2, -0.15) is 0 Å². The topological polar surface area (TPSA) is 346 Å². The van der Waals surface area contributed by atoms with E-state index in [-0.39, 0.29) is 0 Å². The molecule has 0 aromatic carbocycles. The predicted octanol–water partition coefficient (Wildman–Crippen LogP) is -7.81. The Bertz CT molecular complexity index is 1140. The second-order valence-electron chi connectivity index (χ2n) is 13.9. The van der Waals surface area contributed by atoms with Gasteiger partial charge in [-0.15, -0.1) is 0 Å². The quantitative estimate of drug-likeness (QED) is 0.104. The average Bonchev–Trinajstić information content (AvgIpc) is 3.10. The minimum atomic E-state index is -1.94. The average molecular weight is 765 g/mol. The summed E-state index contributed by atoms with van der Waals surface area (Å²) in [4.78, 5) is 0. The van der Waals surface area contributed by atoms with Gasteiger partial charge in [0, 0.05) is 0 Å². The Balaban J connectivity index is 1.34. The second-order valence-corrected chi connectivity index (χ2v) is 13.9. The van der Waals surface area contributed by atoms with Crippen molar-refractivity contribution in [1.29, 1.82) is 0 Å². The molecular weight excluding hydrogens is 712 g/mol. The molecule has 0 radical (unpaired) electrons. The molecule has 0 aromatic heterocycles. The van der Waals surface area contributed by atoms with Gasteiger partial charge in [0.1, 0.15) is 97.7 Å². The van der Waals surface area contributed by atoms with Gasteiger partial charge in [-0.3, -0.25) is 0 Å². The molecule has 304 valence electrons. The largest absolute Gasteiger partial charge is 0.394 e. The van der Waals surface area contributed by atoms with Gasteiger partial charge in [-0.1, -0.05) is 0 Å². The molecule has 5 aliphatic heterocycles. The standard InChI is InChI=1S/C30H52O22/c1-6-12(33)16(37)25(26(43)44-6)52-28-20(41)17(38)22(8(3)46-28)49-30-21(42)24(51-29-19(40)15(36)13(34)10(5-31)48-29)23(9(4)47-30)50-27-18(39)14(35)11(32)7(2)45-27/h6-43H,5H2,1-4H3/t6-,7-,8-,9-,10+,11-,12+,13+,14+,15-,16+,17-,18+,19+,20+,21+,22-,23-,24-,25-,26-,27-,28-,29-,30-/m0/s1. The van der Waals surface area contributed by atoms with Crippen LogP contribution < -0.4 is 0 Å². The lowest BCUT2D eigenvalue weighted by Gasteiger charge is -2.50. The second kappa shape index (κ2) is 17.1. The van der Waals surface area contributed by atoms with E-state index >= 15 is 0 Å². The third kappa shape index (κ3) is 8.29. The van der Waals surface area contributed by atoms with Crippen LogP contribution in [-0.4, -0.2) is 227 Å².